The van der Waals surface area contributed by atoms with Crippen LogP contribution in [0, 0.1) is 12.8 Å². The molecule has 0 saturated carbocycles. The second-order valence-corrected chi connectivity index (χ2v) is 4.17. The third kappa shape index (κ3) is 1.93. The summed E-state index contributed by atoms with van der Waals surface area (Å²) in [6, 6.07) is 1.77. The summed E-state index contributed by atoms with van der Waals surface area (Å²) in [5.74, 6) is -0.748. The van der Waals surface area contributed by atoms with E-state index >= 15 is 0 Å². The van der Waals surface area contributed by atoms with Crippen LogP contribution in [0.3, 0.4) is 0 Å². The summed E-state index contributed by atoms with van der Waals surface area (Å²) in [6.07, 6.45) is 1.73. The zero-order valence-corrected chi connectivity index (χ0v) is 9.51. The Morgan fingerprint density at radius 2 is 2.29 bits per heavy atom. The molecule has 0 bridgehead atoms. The first-order valence-electron chi connectivity index (χ1n) is 5.31. The van der Waals surface area contributed by atoms with E-state index in [4.69, 9.17) is 11.5 Å². The Balaban J connectivity index is 2.35. The molecule has 0 aliphatic carbocycles. The molecule has 2 heterocycles. The maximum absolute atomic E-state index is 11.8. The largest absolute Gasteiger partial charge is 0.382 e. The van der Waals surface area contributed by atoms with E-state index in [0.717, 1.165) is 5.56 Å². The number of aryl methyl sites for hydroxylation is 1. The lowest BCUT2D eigenvalue weighted by Crippen LogP contribution is -2.29. The Labute approximate surface area is 98.6 Å². The first kappa shape index (κ1) is 11.4. The first-order valence-corrected chi connectivity index (χ1v) is 5.31. The second kappa shape index (κ2) is 4.04. The van der Waals surface area contributed by atoms with Crippen molar-refractivity contribution in [1.82, 2.24) is 4.98 Å². The molecule has 2 amide bonds. The van der Waals surface area contributed by atoms with Crippen molar-refractivity contribution >= 4 is 23.3 Å². The van der Waals surface area contributed by atoms with Crippen molar-refractivity contribution in [1.29, 1.82) is 0 Å². The van der Waals surface area contributed by atoms with Crippen LogP contribution in [-0.2, 0) is 9.59 Å². The predicted molar refractivity (Wildman–Crippen MR) is 63.0 cm³/mol. The molecule has 1 aliphatic rings. The van der Waals surface area contributed by atoms with Gasteiger partial charge in [-0.1, -0.05) is 0 Å². The van der Waals surface area contributed by atoms with Gasteiger partial charge in [0.1, 0.15) is 5.82 Å². The second-order valence-electron chi connectivity index (χ2n) is 4.17. The van der Waals surface area contributed by atoms with E-state index in [-0.39, 0.29) is 18.9 Å². The lowest BCUT2D eigenvalue weighted by atomic mass is 10.1. The minimum absolute atomic E-state index is 0.142. The van der Waals surface area contributed by atoms with Crippen molar-refractivity contribution in [2.75, 3.05) is 17.2 Å². The molecule has 0 radical (unpaired) electrons. The molecular formula is C11H14N4O2. The molecule has 0 spiro atoms. The number of rotatable bonds is 2. The van der Waals surface area contributed by atoms with Crippen molar-refractivity contribution in [2.45, 2.75) is 13.3 Å². The Kier molecular flexibility index (Phi) is 2.71. The Bertz CT molecular complexity index is 466. The van der Waals surface area contributed by atoms with Crippen molar-refractivity contribution in [2.24, 2.45) is 11.7 Å². The highest BCUT2D eigenvalue weighted by Crippen LogP contribution is 2.31. The van der Waals surface area contributed by atoms with Gasteiger partial charge in [0.05, 0.1) is 11.6 Å². The number of pyridine rings is 1. The third-order valence-electron chi connectivity index (χ3n) is 2.95. The van der Waals surface area contributed by atoms with Crippen molar-refractivity contribution < 1.29 is 9.59 Å². The van der Waals surface area contributed by atoms with Gasteiger partial charge < -0.3 is 16.4 Å². The minimum atomic E-state index is -0.457. The highest BCUT2D eigenvalue weighted by molar-refractivity contribution is 6.02. The Morgan fingerprint density at radius 3 is 2.82 bits per heavy atom. The first-order chi connectivity index (χ1) is 8.00. The summed E-state index contributed by atoms with van der Waals surface area (Å²) in [7, 11) is 0. The minimum Gasteiger partial charge on any atom is -0.382 e. The number of anilines is 2. The summed E-state index contributed by atoms with van der Waals surface area (Å²) in [4.78, 5) is 28.4. The summed E-state index contributed by atoms with van der Waals surface area (Å²) in [6.45, 7) is 2.13. The number of primary amides is 1. The lowest BCUT2D eigenvalue weighted by Gasteiger charge is -2.19. The quantitative estimate of drug-likeness (QED) is 0.740. The van der Waals surface area contributed by atoms with Gasteiger partial charge in [-0.25, -0.2) is 4.98 Å². The number of aromatic nitrogens is 1. The monoisotopic (exact) mass is 234 g/mol. The molecule has 0 aromatic carbocycles. The number of nitrogens with zero attached hydrogens (tertiary/aromatic N) is 2. The molecule has 90 valence electrons. The zero-order chi connectivity index (χ0) is 12.6. The van der Waals surface area contributed by atoms with Crippen molar-refractivity contribution in [3.8, 4) is 0 Å². The fourth-order valence-corrected chi connectivity index (χ4v) is 2.04. The van der Waals surface area contributed by atoms with Crippen LogP contribution < -0.4 is 16.4 Å². The number of amides is 2. The van der Waals surface area contributed by atoms with Crippen molar-refractivity contribution in [3.05, 3.63) is 17.8 Å². The average Bonchev–Trinajstić information content (AvgIpc) is 2.61. The topological polar surface area (TPSA) is 102 Å². The molecule has 1 saturated heterocycles. The fourth-order valence-electron chi connectivity index (χ4n) is 2.04. The lowest BCUT2D eigenvalue weighted by molar-refractivity contribution is -0.123. The van der Waals surface area contributed by atoms with Crippen LogP contribution in [0.25, 0.3) is 0 Å². The molecule has 6 nitrogen and oxygen atoms in total. The molecule has 6 heteroatoms. The van der Waals surface area contributed by atoms with Crippen LogP contribution >= 0.6 is 0 Å². The molecule has 1 atom stereocenters. The summed E-state index contributed by atoms with van der Waals surface area (Å²) in [5, 5.41) is 0. The van der Waals surface area contributed by atoms with Crippen molar-refractivity contribution in [3.63, 3.8) is 0 Å². The highest BCUT2D eigenvalue weighted by atomic mass is 16.2. The number of hydrogen-bond acceptors (Lipinski definition) is 4. The average molecular weight is 234 g/mol. The molecule has 1 unspecified atom stereocenters. The molecule has 2 rings (SSSR count). The van der Waals surface area contributed by atoms with E-state index in [1.165, 1.54) is 4.90 Å². The van der Waals surface area contributed by atoms with Crippen LogP contribution in [0.2, 0.25) is 0 Å². The van der Waals surface area contributed by atoms with Gasteiger partial charge in [-0.2, -0.15) is 0 Å². The highest BCUT2D eigenvalue weighted by Gasteiger charge is 2.35. The number of hydrogen-bond donors (Lipinski definition) is 2. The van der Waals surface area contributed by atoms with Crippen LogP contribution in [0.4, 0.5) is 11.5 Å². The zero-order valence-electron chi connectivity index (χ0n) is 9.51. The van der Waals surface area contributed by atoms with Gasteiger partial charge >= 0.3 is 0 Å². The normalized spacial score (nSPS) is 19.7. The van der Waals surface area contributed by atoms with E-state index < -0.39 is 11.8 Å². The van der Waals surface area contributed by atoms with Gasteiger partial charge in [-0.3, -0.25) is 9.59 Å². The number of carbonyl (C=O) groups excluding carboxylic acids is 2. The molecule has 1 aromatic heterocycles. The van der Waals surface area contributed by atoms with Gasteiger partial charge in [0.25, 0.3) is 0 Å². The molecular weight excluding hydrogens is 220 g/mol. The molecule has 4 N–H and O–H groups in total. The number of carbonyl (C=O) groups is 2. The van der Waals surface area contributed by atoms with Crippen LogP contribution in [0.5, 0.6) is 0 Å². The van der Waals surface area contributed by atoms with E-state index in [1.807, 2.05) is 6.92 Å². The number of nitrogens with two attached hydrogens (primary N) is 2. The maximum atomic E-state index is 11.8. The predicted octanol–water partition coefficient (Wildman–Crippen LogP) is -0.190. The third-order valence-corrected chi connectivity index (χ3v) is 2.95. The van der Waals surface area contributed by atoms with E-state index in [2.05, 4.69) is 4.98 Å². The summed E-state index contributed by atoms with van der Waals surface area (Å²) in [5.41, 5.74) is 12.4. The van der Waals surface area contributed by atoms with E-state index in [9.17, 15) is 9.59 Å². The standard InChI is InChI=1S/C11H14N4O2/c1-6-2-3-14-10(12)9(6)15-5-7(11(13)17)4-8(15)16/h2-3,7H,4-5H2,1H3,(H2,12,14)(H2,13,17). The molecule has 17 heavy (non-hydrogen) atoms. The van der Waals surface area contributed by atoms with E-state index in [1.54, 1.807) is 12.3 Å². The number of nitrogen functional groups attached to an aromatic ring is 1. The van der Waals surface area contributed by atoms with Crippen LogP contribution in [-0.4, -0.2) is 23.3 Å². The van der Waals surface area contributed by atoms with Gasteiger partial charge in [-0.05, 0) is 18.6 Å². The van der Waals surface area contributed by atoms with Gasteiger partial charge in [0.2, 0.25) is 11.8 Å². The molecule has 1 fully saturated rings. The van der Waals surface area contributed by atoms with Gasteiger partial charge in [-0.15, -0.1) is 0 Å². The Hall–Kier alpha value is -2.11. The van der Waals surface area contributed by atoms with Gasteiger partial charge in [0.15, 0.2) is 0 Å². The SMILES string of the molecule is Cc1ccnc(N)c1N1CC(C(N)=O)CC1=O. The molecule has 1 aliphatic heterocycles. The van der Waals surface area contributed by atoms with E-state index in [0.29, 0.717) is 11.5 Å². The fraction of sp³-hybridized carbons (Fsp3) is 0.364. The van der Waals surface area contributed by atoms with Gasteiger partial charge in [0, 0.05) is 19.2 Å². The maximum Gasteiger partial charge on any atom is 0.227 e. The molecule has 1 aromatic rings. The van der Waals surface area contributed by atoms with Crippen LogP contribution in [0.15, 0.2) is 12.3 Å². The summed E-state index contributed by atoms with van der Waals surface area (Å²) < 4.78 is 0. The van der Waals surface area contributed by atoms with Crippen LogP contribution in [0.1, 0.15) is 12.0 Å². The Morgan fingerprint density at radius 1 is 1.59 bits per heavy atom. The smallest absolute Gasteiger partial charge is 0.227 e. The summed E-state index contributed by atoms with van der Waals surface area (Å²) >= 11 is 0.